The van der Waals surface area contributed by atoms with Gasteiger partial charge in [0.1, 0.15) is 6.61 Å². The third-order valence-corrected chi connectivity index (χ3v) is 6.51. The Morgan fingerprint density at radius 3 is 2.21 bits per heavy atom. The highest BCUT2D eigenvalue weighted by atomic mass is 16.6. The van der Waals surface area contributed by atoms with Gasteiger partial charge in [0.15, 0.2) is 6.61 Å². The first-order valence-corrected chi connectivity index (χ1v) is 10.4. The molecule has 1 rings (SSSR count). The van der Waals surface area contributed by atoms with Crippen LogP contribution in [0.2, 0.25) is 0 Å². The zero-order valence-corrected chi connectivity index (χ0v) is 19.3. The zero-order valence-electron chi connectivity index (χ0n) is 19.3. The molecule has 3 unspecified atom stereocenters. The van der Waals surface area contributed by atoms with Gasteiger partial charge in [-0.1, -0.05) is 59.6 Å². The van der Waals surface area contributed by atoms with Gasteiger partial charge in [-0.05, 0) is 43.9 Å². The lowest BCUT2D eigenvalue weighted by Crippen LogP contribution is -2.41. The number of hydrogen-bond acceptors (Lipinski definition) is 5. The first-order chi connectivity index (χ1) is 12.8. The molecular formula is C23H40O5. The molecule has 0 N–H and O–H groups in total. The summed E-state index contributed by atoms with van der Waals surface area (Å²) in [6.45, 7) is 18.7. The fraction of sp³-hybridized carbons (Fsp3) is 0.826. The Kier molecular flexibility index (Phi) is 8.31. The Hall–Kier alpha value is -1.36. The molecule has 1 saturated heterocycles. The molecule has 1 fully saturated rings. The molecule has 5 nitrogen and oxygen atoms in total. The second-order valence-electron chi connectivity index (χ2n) is 9.80. The van der Waals surface area contributed by atoms with Gasteiger partial charge in [-0.2, -0.15) is 0 Å². The van der Waals surface area contributed by atoms with Gasteiger partial charge in [0, 0.05) is 0 Å². The van der Waals surface area contributed by atoms with Crippen LogP contribution in [0.3, 0.4) is 0 Å². The first-order valence-electron chi connectivity index (χ1n) is 10.4. The van der Waals surface area contributed by atoms with Crippen molar-refractivity contribution in [3.63, 3.8) is 0 Å². The lowest BCUT2D eigenvalue weighted by Gasteiger charge is -2.37. The number of allylic oxidation sites excluding steroid dienone is 1. The predicted octanol–water partition coefficient (Wildman–Crippen LogP) is 4.93. The molecule has 0 saturated carbocycles. The second kappa shape index (κ2) is 9.43. The average Bonchev–Trinajstić information content (AvgIpc) is 2.92. The number of ether oxygens (including phenoxy) is 3. The molecule has 0 spiro atoms. The van der Waals surface area contributed by atoms with E-state index in [9.17, 15) is 9.59 Å². The molecule has 162 valence electrons. The van der Waals surface area contributed by atoms with Crippen molar-refractivity contribution >= 4 is 11.9 Å². The highest BCUT2D eigenvalue weighted by Crippen LogP contribution is 2.43. The van der Waals surface area contributed by atoms with Crippen molar-refractivity contribution in [2.75, 3.05) is 19.8 Å². The minimum absolute atomic E-state index is 0.0971. The van der Waals surface area contributed by atoms with E-state index in [1.54, 1.807) is 0 Å². The molecule has 0 aliphatic carbocycles. The number of carbonyl (C=O) groups is 2. The minimum atomic E-state index is -0.822. The smallest absolute Gasteiger partial charge is 0.344 e. The van der Waals surface area contributed by atoms with Crippen molar-refractivity contribution in [1.29, 1.82) is 0 Å². The van der Waals surface area contributed by atoms with Crippen molar-refractivity contribution in [1.82, 2.24) is 0 Å². The number of esters is 2. The fourth-order valence-corrected chi connectivity index (χ4v) is 3.90. The Balaban J connectivity index is 2.63. The molecule has 1 aliphatic rings. The van der Waals surface area contributed by atoms with Gasteiger partial charge >= 0.3 is 11.9 Å². The Morgan fingerprint density at radius 2 is 1.75 bits per heavy atom. The van der Waals surface area contributed by atoms with Crippen molar-refractivity contribution < 1.29 is 23.8 Å². The van der Waals surface area contributed by atoms with E-state index >= 15 is 0 Å². The SMILES string of the molecule is CCC1C(COC(=O)COC(=O)C(C)(C=C(C)C)C(C)(C)C)OC[C@]1(C)CC. The maximum atomic E-state index is 12.7. The van der Waals surface area contributed by atoms with Crippen LogP contribution in [0.1, 0.15) is 75.2 Å². The molecule has 28 heavy (non-hydrogen) atoms. The molecule has 0 aromatic carbocycles. The summed E-state index contributed by atoms with van der Waals surface area (Å²) >= 11 is 0. The van der Waals surface area contributed by atoms with Crippen LogP contribution >= 0.6 is 0 Å². The fourth-order valence-electron chi connectivity index (χ4n) is 3.90. The van der Waals surface area contributed by atoms with Crippen LogP contribution < -0.4 is 0 Å². The quantitative estimate of drug-likeness (QED) is 0.430. The Morgan fingerprint density at radius 1 is 1.14 bits per heavy atom. The Bertz CT molecular complexity index is 584. The van der Waals surface area contributed by atoms with Crippen LogP contribution in [0.4, 0.5) is 0 Å². The highest BCUT2D eigenvalue weighted by molar-refractivity contribution is 5.82. The van der Waals surface area contributed by atoms with Gasteiger partial charge in [0.2, 0.25) is 0 Å². The molecular weight excluding hydrogens is 356 g/mol. The predicted molar refractivity (Wildman–Crippen MR) is 111 cm³/mol. The minimum Gasteiger partial charge on any atom is -0.460 e. The third-order valence-electron chi connectivity index (χ3n) is 6.51. The van der Waals surface area contributed by atoms with Gasteiger partial charge < -0.3 is 14.2 Å². The van der Waals surface area contributed by atoms with Crippen molar-refractivity contribution in [3.05, 3.63) is 11.6 Å². The van der Waals surface area contributed by atoms with Gasteiger partial charge in [-0.15, -0.1) is 0 Å². The number of hydrogen-bond donors (Lipinski definition) is 0. The summed E-state index contributed by atoms with van der Waals surface area (Å²) in [6, 6.07) is 0. The molecule has 1 heterocycles. The van der Waals surface area contributed by atoms with Crippen LogP contribution in [0, 0.1) is 22.2 Å². The van der Waals surface area contributed by atoms with E-state index in [2.05, 4.69) is 20.8 Å². The van der Waals surface area contributed by atoms with E-state index in [0.29, 0.717) is 12.5 Å². The lowest BCUT2D eigenvalue weighted by atomic mass is 9.67. The van der Waals surface area contributed by atoms with E-state index in [4.69, 9.17) is 14.2 Å². The van der Waals surface area contributed by atoms with Crippen molar-refractivity contribution in [2.45, 2.75) is 81.3 Å². The highest BCUT2D eigenvalue weighted by Gasteiger charge is 2.45. The maximum Gasteiger partial charge on any atom is 0.344 e. The van der Waals surface area contributed by atoms with E-state index in [1.165, 1.54) is 0 Å². The van der Waals surface area contributed by atoms with E-state index < -0.39 is 17.4 Å². The third kappa shape index (κ3) is 5.59. The first kappa shape index (κ1) is 24.7. The Labute approximate surface area is 171 Å². The molecule has 0 radical (unpaired) electrons. The number of carbonyl (C=O) groups excluding carboxylic acids is 2. The average molecular weight is 397 g/mol. The molecule has 1 aliphatic heterocycles. The van der Waals surface area contributed by atoms with Gasteiger partial charge in [-0.3, -0.25) is 4.79 Å². The zero-order chi connectivity index (χ0) is 21.8. The normalized spacial score (nSPS) is 27.0. The lowest BCUT2D eigenvalue weighted by molar-refractivity contribution is -0.168. The van der Waals surface area contributed by atoms with Gasteiger partial charge in [-0.25, -0.2) is 4.79 Å². The van der Waals surface area contributed by atoms with Crippen LogP contribution in [-0.4, -0.2) is 37.9 Å². The van der Waals surface area contributed by atoms with E-state index in [1.807, 2.05) is 47.6 Å². The second-order valence-corrected chi connectivity index (χ2v) is 9.80. The van der Waals surface area contributed by atoms with Gasteiger partial charge in [0.05, 0.1) is 18.1 Å². The van der Waals surface area contributed by atoms with Gasteiger partial charge in [0.25, 0.3) is 0 Å². The summed E-state index contributed by atoms with van der Waals surface area (Å²) in [5, 5.41) is 0. The van der Waals surface area contributed by atoms with Crippen LogP contribution in [0.25, 0.3) is 0 Å². The number of rotatable bonds is 8. The molecule has 0 amide bonds. The van der Waals surface area contributed by atoms with Crippen molar-refractivity contribution in [3.8, 4) is 0 Å². The summed E-state index contributed by atoms with van der Waals surface area (Å²) in [6.07, 6.45) is 3.82. The van der Waals surface area contributed by atoms with Crippen LogP contribution in [-0.2, 0) is 23.8 Å². The summed E-state index contributed by atoms with van der Waals surface area (Å²) in [5.41, 5.74) is -0.0180. The standard InChI is InChI=1S/C23H40O5/c1-10-17-18(28-15-22(17,8)11-2)13-26-19(24)14-27-20(25)23(9,12-16(3)4)21(5,6)7/h12,17-18H,10-11,13-15H2,1-9H3/t17?,18?,22-,23?/m0/s1. The van der Waals surface area contributed by atoms with Crippen LogP contribution in [0.15, 0.2) is 11.6 Å². The summed E-state index contributed by atoms with van der Waals surface area (Å²) < 4.78 is 16.6. The summed E-state index contributed by atoms with van der Waals surface area (Å²) in [5.74, 6) is -0.597. The summed E-state index contributed by atoms with van der Waals surface area (Å²) in [7, 11) is 0. The molecule has 5 heteroatoms. The molecule has 0 aromatic heterocycles. The monoisotopic (exact) mass is 396 g/mol. The van der Waals surface area contributed by atoms with E-state index in [-0.39, 0.29) is 30.1 Å². The van der Waals surface area contributed by atoms with Crippen molar-refractivity contribution in [2.24, 2.45) is 22.2 Å². The molecule has 0 bridgehead atoms. The van der Waals surface area contributed by atoms with E-state index in [0.717, 1.165) is 18.4 Å². The molecule has 0 aromatic rings. The largest absolute Gasteiger partial charge is 0.460 e. The summed E-state index contributed by atoms with van der Waals surface area (Å²) in [4.78, 5) is 24.9. The van der Waals surface area contributed by atoms with Crippen LogP contribution in [0.5, 0.6) is 0 Å². The molecule has 4 atom stereocenters. The topological polar surface area (TPSA) is 61.8 Å². The maximum absolute atomic E-state index is 12.7.